The van der Waals surface area contributed by atoms with Gasteiger partial charge in [0.05, 0.1) is 23.0 Å². The van der Waals surface area contributed by atoms with Crippen molar-refractivity contribution in [2.45, 2.75) is 19.3 Å². The number of benzene rings is 2. The number of non-ortho nitro benzene ring substituents is 1. The van der Waals surface area contributed by atoms with E-state index < -0.39 is 4.92 Å². The van der Waals surface area contributed by atoms with Gasteiger partial charge < -0.3 is 0 Å². The summed E-state index contributed by atoms with van der Waals surface area (Å²) in [5, 5.41) is 19.3. The van der Waals surface area contributed by atoms with E-state index in [-0.39, 0.29) is 36.5 Å². The SMILES string of the molecule is N#Cc1ccc(CC(=O)CC(=O)Cc2ccc([N+](=O)[O-])cc2)cc1. The predicted octanol–water partition coefficient (Wildman–Crippen LogP) is 2.78. The maximum absolute atomic E-state index is 11.9. The minimum atomic E-state index is -0.507. The third kappa shape index (κ3) is 4.85. The number of hydrogen-bond acceptors (Lipinski definition) is 5. The number of ketones is 2. The summed E-state index contributed by atoms with van der Waals surface area (Å²) in [6, 6.07) is 14.3. The van der Waals surface area contributed by atoms with Crippen molar-refractivity contribution in [2.24, 2.45) is 0 Å². The van der Waals surface area contributed by atoms with Gasteiger partial charge in [-0.1, -0.05) is 24.3 Å². The molecular weight excluding hydrogens is 308 g/mol. The lowest BCUT2D eigenvalue weighted by atomic mass is 10.0. The fraction of sp³-hybridized carbons (Fsp3) is 0.167. The molecule has 0 saturated heterocycles. The van der Waals surface area contributed by atoms with Crippen LogP contribution in [0.15, 0.2) is 48.5 Å². The van der Waals surface area contributed by atoms with Gasteiger partial charge in [0.25, 0.3) is 5.69 Å². The highest BCUT2D eigenvalue weighted by atomic mass is 16.6. The van der Waals surface area contributed by atoms with Crippen LogP contribution in [0, 0.1) is 21.4 Å². The van der Waals surface area contributed by atoms with E-state index in [4.69, 9.17) is 5.26 Å². The molecule has 0 fully saturated rings. The van der Waals surface area contributed by atoms with Gasteiger partial charge in [0.15, 0.2) is 0 Å². The average Bonchev–Trinajstić information content (AvgIpc) is 2.55. The summed E-state index contributed by atoms with van der Waals surface area (Å²) in [6.07, 6.45) is 0.0196. The predicted molar refractivity (Wildman–Crippen MR) is 86.3 cm³/mol. The molecule has 24 heavy (non-hydrogen) atoms. The molecule has 0 atom stereocenters. The number of Topliss-reactive ketones (excluding diaryl/α,β-unsaturated/α-hetero) is 2. The maximum atomic E-state index is 11.9. The summed E-state index contributed by atoms with van der Waals surface area (Å²) in [5.74, 6) is -0.436. The van der Waals surface area contributed by atoms with Crippen molar-refractivity contribution in [3.63, 3.8) is 0 Å². The standard InChI is InChI=1S/C18H14N2O4/c19-12-15-3-1-13(2-4-15)9-17(21)11-18(22)10-14-5-7-16(8-6-14)20(23)24/h1-8H,9-11H2. The Morgan fingerprint density at radius 3 is 1.79 bits per heavy atom. The van der Waals surface area contributed by atoms with Crippen LogP contribution in [0.1, 0.15) is 23.1 Å². The molecule has 0 aliphatic heterocycles. The Kier molecular flexibility index (Phi) is 5.53. The zero-order chi connectivity index (χ0) is 17.5. The highest BCUT2D eigenvalue weighted by molar-refractivity contribution is 6.00. The molecule has 0 aromatic heterocycles. The Hall–Kier alpha value is -3.33. The number of nitrogens with zero attached hydrogens (tertiary/aromatic N) is 2. The lowest BCUT2D eigenvalue weighted by molar-refractivity contribution is -0.384. The first-order chi connectivity index (χ1) is 11.5. The molecule has 2 aromatic rings. The van der Waals surface area contributed by atoms with Gasteiger partial charge in [-0.2, -0.15) is 5.26 Å². The summed E-state index contributed by atoms with van der Waals surface area (Å²) in [6.45, 7) is 0. The van der Waals surface area contributed by atoms with Crippen LogP contribution >= 0.6 is 0 Å². The Morgan fingerprint density at radius 2 is 1.38 bits per heavy atom. The molecule has 0 bridgehead atoms. The third-order valence-corrected chi connectivity index (χ3v) is 3.43. The monoisotopic (exact) mass is 322 g/mol. The normalized spacial score (nSPS) is 9.96. The quantitative estimate of drug-likeness (QED) is 0.443. The Labute approximate surface area is 138 Å². The number of rotatable bonds is 7. The van der Waals surface area contributed by atoms with Crippen LogP contribution < -0.4 is 0 Å². The fourth-order valence-corrected chi connectivity index (χ4v) is 2.23. The first kappa shape index (κ1) is 17.0. The van der Waals surface area contributed by atoms with Crippen molar-refractivity contribution in [1.82, 2.24) is 0 Å². The minimum Gasteiger partial charge on any atom is -0.299 e. The fourth-order valence-electron chi connectivity index (χ4n) is 2.23. The Bertz CT molecular complexity index is 802. The molecule has 0 aliphatic rings. The van der Waals surface area contributed by atoms with Crippen molar-refractivity contribution < 1.29 is 14.5 Å². The van der Waals surface area contributed by atoms with Gasteiger partial charge in [-0.25, -0.2) is 0 Å². The number of nitro benzene ring substituents is 1. The Morgan fingerprint density at radius 1 is 0.917 bits per heavy atom. The smallest absolute Gasteiger partial charge is 0.269 e. The van der Waals surface area contributed by atoms with Gasteiger partial charge in [0.2, 0.25) is 0 Å². The molecule has 2 rings (SSSR count). The van der Waals surface area contributed by atoms with E-state index in [0.717, 1.165) is 5.56 Å². The highest BCUT2D eigenvalue weighted by Crippen LogP contribution is 2.13. The summed E-state index contributed by atoms with van der Waals surface area (Å²) < 4.78 is 0. The first-order valence-electron chi connectivity index (χ1n) is 7.23. The lowest BCUT2D eigenvalue weighted by Crippen LogP contribution is -2.12. The second-order valence-corrected chi connectivity index (χ2v) is 5.34. The van der Waals surface area contributed by atoms with Crippen LogP contribution in [0.5, 0.6) is 0 Å². The molecule has 0 heterocycles. The molecule has 0 aliphatic carbocycles. The van der Waals surface area contributed by atoms with Crippen LogP contribution in [0.2, 0.25) is 0 Å². The highest BCUT2D eigenvalue weighted by Gasteiger charge is 2.12. The van der Waals surface area contributed by atoms with Crippen LogP contribution in [0.4, 0.5) is 5.69 Å². The third-order valence-electron chi connectivity index (χ3n) is 3.43. The van der Waals surface area contributed by atoms with Gasteiger partial charge in [0, 0.05) is 25.0 Å². The van der Waals surface area contributed by atoms with Crippen LogP contribution in [0.3, 0.4) is 0 Å². The van der Waals surface area contributed by atoms with Gasteiger partial charge in [-0.15, -0.1) is 0 Å². The zero-order valence-corrected chi connectivity index (χ0v) is 12.8. The zero-order valence-electron chi connectivity index (χ0n) is 12.8. The van der Waals surface area contributed by atoms with E-state index in [0.29, 0.717) is 11.1 Å². The van der Waals surface area contributed by atoms with Gasteiger partial charge in [0.1, 0.15) is 11.6 Å². The van der Waals surface area contributed by atoms with Crippen molar-refractivity contribution in [3.8, 4) is 6.07 Å². The lowest BCUT2D eigenvalue weighted by Gasteiger charge is -2.02. The number of carbonyl (C=O) groups excluding carboxylic acids is 2. The largest absolute Gasteiger partial charge is 0.299 e. The Balaban J connectivity index is 1.88. The van der Waals surface area contributed by atoms with E-state index in [9.17, 15) is 19.7 Å². The molecule has 0 spiro atoms. The maximum Gasteiger partial charge on any atom is 0.269 e. The van der Waals surface area contributed by atoms with Gasteiger partial charge in [-0.05, 0) is 23.3 Å². The van der Waals surface area contributed by atoms with E-state index in [1.165, 1.54) is 24.3 Å². The van der Waals surface area contributed by atoms with Crippen LogP contribution in [-0.4, -0.2) is 16.5 Å². The minimum absolute atomic E-state index is 0.0388. The number of nitro groups is 1. The summed E-state index contributed by atoms with van der Waals surface area (Å²) in [5.41, 5.74) is 1.86. The molecule has 0 unspecified atom stereocenters. The molecule has 0 saturated carbocycles. The molecule has 0 radical (unpaired) electrons. The summed E-state index contributed by atoms with van der Waals surface area (Å²) in [7, 11) is 0. The van der Waals surface area contributed by atoms with Crippen molar-refractivity contribution in [2.75, 3.05) is 0 Å². The van der Waals surface area contributed by atoms with Crippen molar-refractivity contribution in [1.29, 1.82) is 5.26 Å². The van der Waals surface area contributed by atoms with E-state index in [1.807, 2.05) is 6.07 Å². The molecule has 120 valence electrons. The second-order valence-electron chi connectivity index (χ2n) is 5.34. The molecule has 0 N–H and O–H groups in total. The van der Waals surface area contributed by atoms with Crippen LogP contribution in [-0.2, 0) is 22.4 Å². The van der Waals surface area contributed by atoms with E-state index >= 15 is 0 Å². The molecule has 0 amide bonds. The van der Waals surface area contributed by atoms with Crippen molar-refractivity contribution >= 4 is 17.3 Å². The molecule has 6 nitrogen and oxygen atoms in total. The number of carbonyl (C=O) groups is 2. The van der Waals surface area contributed by atoms with Crippen molar-refractivity contribution in [3.05, 3.63) is 75.3 Å². The second kappa shape index (κ2) is 7.79. The topological polar surface area (TPSA) is 101 Å². The van der Waals surface area contributed by atoms with Gasteiger partial charge >= 0.3 is 0 Å². The van der Waals surface area contributed by atoms with Crippen LogP contribution in [0.25, 0.3) is 0 Å². The number of nitriles is 1. The molecular formula is C18H14N2O4. The number of hydrogen-bond donors (Lipinski definition) is 0. The average molecular weight is 322 g/mol. The van der Waals surface area contributed by atoms with E-state index in [2.05, 4.69) is 0 Å². The molecule has 6 heteroatoms. The summed E-state index contributed by atoms with van der Waals surface area (Å²) in [4.78, 5) is 33.9. The van der Waals surface area contributed by atoms with Gasteiger partial charge in [-0.3, -0.25) is 19.7 Å². The first-order valence-corrected chi connectivity index (χ1v) is 7.23. The molecule has 2 aromatic carbocycles. The summed E-state index contributed by atoms with van der Waals surface area (Å²) >= 11 is 0. The van der Waals surface area contributed by atoms with E-state index in [1.54, 1.807) is 24.3 Å².